The molecule has 0 fully saturated rings. The lowest BCUT2D eigenvalue weighted by atomic mass is 10.1. The minimum atomic E-state index is -0.197. The lowest BCUT2D eigenvalue weighted by Gasteiger charge is -2.08. The standard InChI is InChI=1S/C17H20N2O3/c20-15-5-1-13(2-6-15)9-11-18-17(22)19-12-10-14-3-7-16(21)8-4-14/h1-8,20-21H,9-12H2,(H2,18,19,22). The second-order valence-electron chi connectivity index (χ2n) is 5.02. The number of nitrogens with one attached hydrogen (secondary N) is 2. The molecule has 0 bridgehead atoms. The molecule has 0 aromatic heterocycles. The maximum absolute atomic E-state index is 11.6. The van der Waals surface area contributed by atoms with Crippen molar-refractivity contribution >= 4 is 6.03 Å². The Morgan fingerprint density at radius 1 is 0.727 bits per heavy atom. The fourth-order valence-electron chi connectivity index (χ4n) is 2.03. The lowest BCUT2D eigenvalue weighted by molar-refractivity contribution is 0.241. The van der Waals surface area contributed by atoms with Crippen LogP contribution in [0.5, 0.6) is 11.5 Å². The van der Waals surface area contributed by atoms with Crippen molar-refractivity contribution in [1.29, 1.82) is 0 Å². The highest BCUT2D eigenvalue weighted by molar-refractivity contribution is 5.73. The van der Waals surface area contributed by atoms with Gasteiger partial charge in [-0.15, -0.1) is 0 Å². The lowest BCUT2D eigenvalue weighted by Crippen LogP contribution is -2.37. The van der Waals surface area contributed by atoms with Gasteiger partial charge in [-0.2, -0.15) is 0 Å². The first-order chi connectivity index (χ1) is 10.6. The summed E-state index contributed by atoms with van der Waals surface area (Å²) in [6.07, 6.45) is 1.43. The number of carbonyl (C=O) groups is 1. The molecule has 0 unspecified atom stereocenters. The van der Waals surface area contributed by atoms with E-state index in [1.807, 2.05) is 24.3 Å². The van der Waals surface area contributed by atoms with Crippen LogP contribution in [-0.4, -0.2) is 29.3 Å². The average molecular weight is 300 g/mol. The van der Waals surface area contributed by atoms with Gasteiger partial charge in [-0.1, -0.05) is 24.3 Å². The molecule has 0 saturated heterocycles. The first kappa shape index (κ1) is 15.7. The Morgan fingerprint density at radius 2 is 1.09 bits per heavy atom. The highest BCUT2D eigenvalue weighted by atomic mass is 16.3. The quantitative estimate of drug-likeness (QED) is 0.660. The molecule has 0 heterocycles. The van der Waals surface area contributed by atoms with Crippen LogP contribution in [0.15, 0.2) is 48.5 Å². The van der Waals surface area contributed by atoms with Crippen LogP contribution in [0.4, 0.5) is 4.79 Å². The second kappa shape index (κ2) is 7.93. The Morgan fingerprint density at radius 3 is 1.45 bits per heavy atom. The number of phenolic OH excluding ortho intramolecular Hbond substituents is 2. The summed E-state index contributed by atoms with van der Waals surface area (Å²) in [7, 11) is 0. The van der Waals surface area contributed by atoms with E-state index in [4.69, 9.17) is 0 Å². The van der Waals surface area contributed by atoms with E-state index in [-0.39, 0.29) is 17.5 Å². The zero-order valence-corrected chi connectivity index (χ0v) is 12.2. The van der Waals surface area contributed by atoms with Crippen LogP contribution < -0.4 is 10.6 Å². The van der Waals surface area contributed by atoms with E-state index in [0.717, 1.165) is 11.1 Å². The number of hydrogen-bond donors (Lipinski definition) is 4. The number of carbonyl (C=O) groups excluding carboxylic acids is 1. The Balaban J connectivity index is 1.61. The molecule has 5 heteroatoms. The molecular weight excluding hydrogens is 280 g/mol. The van der Waals surface area contributed by atoms with Crippen molar-refractivity contribution in [2.75, 3.05) is 13.1 Å². The van der Waals surface area contributed by atoms with E-state index < -0.39 is 0 Å². The molecule has 5 nitrogen and oxygen atoms in total. The van der Waals surface area contributed by atoms with Gasteiger partial charge in [-0.25, -0.2) is 4.79 Å². The van der Waals surface area contributed by atoms with Crippen LogP contribution in [0.25, 0.3) is 0 Å². The molecule has 0 radical (unpaired) electrons. The van der Waals surface area contributed by atoms with E-state index in [1.165, 1.54) is 0 Å². The fourth-order valence-corrected chi connectivity index (χ4v) is 2.03. The number of amides is 2. The van der Waals surface area contributed by atoms with Crippen molar-refractivity contribution in [3.8, 4) is 11.5 Å². The zero-order valence-electron chi connectivity index (χ0n) is 12.2. The molecule has 0 spiro atoms. The predicted molar refractivity (Wildman–Crippen MR) is 85.0 cm³/mol. The van der Waals surface area contributed by atoms with Crippen LogP contribution in [0, 0.1) is 0 Å². The fraction of sp³-hybridized carbons (Fsp3) is 0.235. The molecule has 2 aromatic carbocycles. The Labute approximate surface area is 129 Å². The molecule has 0 aliphatic carbocycles. The van der Waals surface area contributed by atoms with Gasteiger partial charge in [0.2, 0.25) is 0 Å². The van der Waals surface area contributed by atoms with E-state index in [2.05, 4.69) is 10.6 Å². The number of hydrogen-bond acceptors (Lipinski definition) is 3. The van der Waals surface area contributed by atoms with Gasteiger partial charge in [-0.3, -0.25) is 0 Å². The molecule has 2 amide bonds. The highest BCUT2D eigenvalue weighted by Gasteiger charge is 2.00. The van der Waals surface area contributed by atoms with Crippen LogP contribution in [0.1, 0.15) is 11.1 Å². The van der Waals surface area contributed by atoms with Crippen molar-refractivity contribution in [1.82, 2.24) is 10.6 Å². The number of phenols is 2. The summed E-state index contributed by atoms with van der Waals surface area (Å²) < 4.78 is 0. The third-order valence-corrected chi connectivity index (χ3v) is 3.27. The van der Waals surface area contributed by atoms with Crippen molar-refractivity contribution in [3.05, 3.63) is 59.7 Å². The molecule has 0 aliphatic heterocycles. The zero-order chi connectivity index (χ0) is 15.8. The van der Waals surface area contributed by atoms with E-state index >= 15 is 0 Å². The molecule has 0 atom stereocenters. The van der Waals surface area contributed by atoms with Crippen LogP contribution in [-0.2, 0) is 12.8 Å². The molecule has 2 aromatic rings. The first-order valence-electron chi connectivity index (χ1n) is 7.21. The summed E-state index contributed by atoms with van der Waals surface area (Å²) in [5.74, 6) is 0.479. The predicted octanol–water partition coefficient (Wildman–Crippen LogP) is 2.18. The van der Waals surface area contributed by atoms with E-state index in [0.29, 0.717) is 25.9 Å². The van der Waals surface area contributed by atoms with Crippen molar-refractivity contribution < 1.29 is 15.0 Å². The first-order valence-corrected chi connectivity index (χ1v) is 7.21. The Hall–Kier alpha value is -2.69. The minimum absolute atomic E-state index is 0.197. The summed E-state index contributed by atoms with van der Waals surface area (Å²) in [5.41, 5.74) is 2.12. The number of aromatic hydroxyl groups is 2. The Kier molecular flexibility index (Phi) is 5.65. The normalized spacial score (nSPS) is 10.2. The summed E-state index contributed by atoms with van der Waals surface area (Å²) in [6, 6.07) is 13.7. The summed E-state index contributed by atoms with van der Waals surface area (Å²) in [6.45, 7) is 1.08. The van der Waals surface area contributed by atoms with Crippen molar-refractivity contribution in [3.63, 3.8) is 0 Å². The average Bonchev–Trinajstić information content (AvgIpc) is 2.51. The highest BCUT2D eigenvalue weighted by Crippen LogP contribution is 2.10. The second-order valence-corrected chi connectivity index (χ2v) is 5.02. The van der Waals surface area contributed by atoms with Crippen LogP contribution in [0.2, 0.25) is 0 Å². The molecule has 0 aliphatic rings. The van der Waals surface area contributed by atoms with E-state index in [9.17, 15) is 15.0 Å². The smallest absolute Gasteiger partial charge is 0.314 e. The van der Waals surface area contributed by atoms with E-state index in [1.54, 1.807) is 24.3 Å². The van der Waals surface area contributed by atoms with Gasteiger partial charge < -0.3 is 20.8 Å². The largest absolute Gasteiger partial charge is 0.508 e. The maximum atomic E-state index is 11.6. The summed E-state index contributed by atoms with van der Waals surface area (Å²) in [4.78, 5) is 11.6. The SMILES string of the molecule is O=C(NCCc1ccc(O)cc1)NCCc1ccc(O)cc1. The van der Waals surface area contributed by atoms with Crippen LogP contribution in [0.3, 0.4) is 0 Å². The van der Waals surface area contributed by atoms with Gasteiger partial charge in [0, 0.05) is 13.1 Å². The number of rotatable bonds is 6. The molecule has 22 heavy (non-hydrogen) atoms. The van der Waals surface area contributed by atoms with Crippen LogP contribution >= 0.6 is 0 Å². The number of urea groups is 1. The van der Waals surface area contributed by atoms with Gasteiger partial charge in [0.15, 0.2) is 0 Å². The minimum Gasteiger partial charge on any atom is -0.508 e. The molecule has 2 rings (SSSR count). The Bertz CT molecular complexity index is 541. The van der Waals surface area contributed by atoms with Gasteiger partial charge >= 0.3 is 6.03 Å². The number of benzene rings is 2. The topological polar surface area (TPSA) is 81.6 Å². The van der Waals surface area contributed by atoms with Gasteiger partial charge in [0.05, 0.1) is 0 Å². The molecule has 116 valence electrons. The van der Waals surface area contributed by atoms with Gasteiger partial charge in [0.1, 0.15) is 11.5 Å². The van der Waals surface area contributed by atoms with Gasteiger partial charge in [0.25, 0.3) is 0 Å². The van der Waals surface area contributed by atoms with Gasteiger partial charge in [-0.05, 0) is 48.2 Å². The summed E-state index contributed by atoms with van der Waals surface area (Å²) >= 11 is 0. The molecular formula is C17H20N2O3. The third-order valence-electron chi connectivity index (χ3n) is 3.27. The van der Waals surface area contributed by atoms with Crippen molar-refractivity contribution in [2.45, 2.75) is 12.8 Å². The monoisotopic (exact) mass is 300 g/mol. The third kappa shape index (κ3) is 5.36. The summed E-state index contributed by atoms with van der Waals surface area (Å²) in [5, 5.41) is 23.9. The molecule has 4 N–H and O–H groups in total. The molecule has 0 saturated carbocycles. The van der Waals surface area contributed by atoms with Crippen molar-refractivity contribution in [2.24, 2.45) is 0 Å². The maximum Gasteiger partial charge on any atom is 0.314 e.